The Balaban J connectivity index is 2.04. The first-order valence-corrected chi connectivity index (χ1v) is 5.64. The molecule has 0 bridgehead atoms. The molecule has 1 heterocycles. The van der Waals surface area contributed by atoms with E-state index in [0.29, 0.717) is 13.2 Å². The lowest BCUT2D eigenvalue weighted by atomic mass is 10.3. The summed E-state index contributed by atoms with van der Waals surface area (Å²) in [5.41, 5.74) is 0. The number of rotatable bonds is 4. The van der Waals surface area contributed by atoms with Gasteiger partial charge >= 0.3 is 6.18 Å². The monoisotopic (exact) mass is 324 g/mol. The van der Waals surface area contributed by atoms with Crippen molar-refractivity contribution >= 4 is 22.6 Å². The Hall–Kier alpha value is 0.440. The summed E-state index contributed by atoms with van der Waals surface area (Å²) < 4.78 is 45.9. The van der Waals surface area contributed by atoms with Crippen molar-refractivity contribution in [3.63, 3.8) is 0 Å². The minimum absolute atomic E-state index is 0.0311. The molecule has 84 valence electrons. The van der Waals surface area contributed by atoms with Gasteiger partial charge in [-0.15, -0.1) is 0 Å². The Bertz CT molecular complexity index is 174. The van der Waals surface area contributed by atoms with Crippen LogP contribution in [0.15, 0.2) is 0 Å². The lowest BCUT2D eigenvalue weighted by Crippen LogP contribution is -2.23. The molecule has 14 heavy (non-hydrogen) atoms. The van der Waals surface area contributed by atoms with Crippen LogP contribution in [0.3, 0.4) is 0 Å². The van der Waals surface area contributed by atoms with E-state index >= 15 is 0 Å². The first-order chi connectivity index (χ1) is 6.49. The standard InChI is InChI=1S/C8H12F3IO2/c9-8(10,11)2-1-3-14-7-5-13-4-6(7)12/h6-7H,1-5H2. The minimum atomic E-state index is -4.07. The number of hydrogen-bond donors (Lipinski definition) is 0. The highest BCUT2D eigenvalue weighted by Crippen LogP contribution is 2.22. The van der Waals surface area contributed by atoms with E-state index < -0.39 is 12.6 Å². The summed E-state index contributed by atoms with van der Waals surface area (Å²) in [5, 5.41) is 0. The van der Waals surface area contributed by atoms with E-state index in [2.05, 4.69) is 22.6 Å². The Morgan fingerprint density at radius 2 is 2.07 bits per heavy atom. The van der Waals surface area contributed by atoms with Gasteiger partial charge < -0.3 is 9.47 Å². The highest BCUT2D eigenvalue weighted by Gasteiger charge is 2.28. The molecule has 1 aliphatic heterocycles. The summed E-state index contributed by atoms with van der Waals surface area (Å²) in [6.45, 7) is 1.29. The maximum absolute atomic E-state index is 11.8. The molecule has 0 radical (unpaired) electrons. The first kappa shape index (κ1) is 12.5. The Morgan fingerprint density at radius 1 is 1.36 bits per heavy atom. The van der Waals surface area contributed by atoms with E-state index in [4.69, 9.17) is 9.47 Å². The molecule has 0 spiro atoms. The van der Waals surface area contributed by atoms with Crippen LogP contribution in [0, 0.1) is 0 Å². The molecular formula is C8H12F3IO2. The lowest BCUT2D eigenvalue weighted by Gasteiger charge is -2.13. The van der Waals surface area contributed by atoms with Crippen molar-refractivity contribution < 1.29 is 22.6 Å². The van der Waals surface area contributed by atoms with E-state index in [1.807, 2.05) is 0 Å². The Morgan fingerprint density at radius 3 is 2.57 bits per heavy atom. The van der Waals surface area contributed by atoms with Gasteiger partial charge in [-0.05, 0) is 6.42 Å². The second-order valence-corrected chi connectivity index (χ2v) is 4.78. The van der Waals surface area contributed by atoms with Gasteiger partial charge in [0.25, 0.3) is 0 Å². The van der Waals surface area contributed by atoms with E-state index in [-0.39, 0.29) is 23.1 Å². The summed E-state index contributed by atoms with van der Waals surface area (Å²) in [5.74, 6) is 0. The van der Waals surface area contributed by atoms with E-state index in [1.54, 1.807) is 0 Å². The number of halogens is 4. The van der Waals surface area contributed by atoms with Gasteiger partial charge in [0.15, 0.2) is 0 Å². The molecule has 0 N–H and O–H groups in total. The first-order valence-electron chi connectivity index (χ1n) is 4.39. The van der Waals surface area contributed by atoms with E-state index in [0.717, 1.165) is 0 Å². The zero-order chi connectivity index (χ0) is 10.6. The fourth-order valence-corrected chi connectivity index (χ4v) is 1.84. The predicted molar refractivity (Wildman–Crippen MR) is 53.7 cm³/mol. The van der Waals surface area contributed by atoms with Crippen molar-refractivity contribution in [2.45, 2.75) is 29.0 Å². The second-order valence-electron chi connectivity index (χ2n) is 3.18. The van der Waals surface area contributed by atoms with Crippen LogP contribution in [0.4, 0.5) is 13.2 Å². The number of hydrogen-bond acceptors (Lipinski definition) is 2. The van der Waals surface area contributed by atoms with Crippen molar-refractivity contribution in [1.29, 1.82) is 0 Å². The van der Waals surface area contributed by atoms with Gasteiger partial charge in [-0.2, -0.15) is 13.2 Å². The van der Waals surface area contributed by atoms with Crippen molar-refractivity contribution in [3.8, 4) is 0 Å². The second kappa shape index (κ2) is 5.50. The van der Waals surface area contributed by atoms with Crippen LogP contribution in [0.25, 0.3) is 0 Å². The van der Waals surface area contributed by atoms with Crippen molar-refractivity contribution in [2.75, 3.05) is 19.8 Å². The van der Waals surface area contributed by atoms with Crippen LogP contribution in [0.5, 0.6) is 0 Å². The van der Waals surface area contributed by atoms with Crippen molar-refractivity contribution in [2.24, 2.45) is 0 Å². The van der Waals surface area contributed by atoms with Gasteiger partial charge in [0, 0.05) is 13.0 Å². The molecule has 0 amide bonds. The van der Waals surface area contributed by atoms with E-state index in [1.165, 1.54) is 0 Å². The normalized spacial score (nSPS) is 28.3. The van der Waals surface area contributed by atoms with Gasteiger partial charge in [0.05, 0.1) is 23.2 Å². The molecule has 1 fully saturated rings. The maximum atomic E-state index is 11.8. The molecule has 6 heteroatoms. The highest BCUT2D eigenvalue weighted by atomic mass is 127. The zero-order valence-electron chi connectivity index (χ0n) is 7.52. The fraction of sp³-hybridized carbons (Fsp3) is 1.00. The summed E-state index contributed by atoms with van der Waals surface area (Å²) in [4.78, 5) is 0. The van der Waals surface area contributed by atoms with Crippen LogP contribution in [0.1, 0.15) is 12.8 Å². The van der Waals surface area contributed by atoms with Crippen LogP contribution in [-0.4, -0.2) is 36.0 Å². The van der Waals surface area contributed by atoms with Gasteiger partial charge in [0.2, 0.25) is 0 Å². The minimum Gasteiger partial charge on any atom is -0.378 e. The molecule has 0 aromatic rings. The van der Waals surface area contributed by atoms with Crippen molar-refractivity contribution in [3.05, 3.63) is 0 Å². The molecule has 0 aromatic carbocycles. The molecular weight excluding hydrogens is 312 g/mol. The summed E-state index contributed by atoms with van der Waals surface area (Å²) in [7, 11) is 0. The molecule has 2 nitrogen and oxygen atoms in total. The van der Waals surface area contributed by atoms with Crippen LogP contribution >= 0.6 is 22.6 Å². The Labute approximate surface area is 94.3 Å². The van der Waals surface area contributed by atoms with Crippen LogP contribution < -0.4 is 0 Å². The summed E-state index contributed by atoms with van der Waals surface area (Å²) in [6.07, 6.45) is -4.85. The Kier molecular flexibility index (Phi) is 4.92. The third kappa shape index (κ3) is 4.79. The van der Waals surface area contributed by atoms with Gasteiger partial charge in [-0.25, -0.2) is 0 Å². The molecule has 0 aliphatic carbocycles. The lowest BCUT2D eigenvalue weighted by molar-refractivity contribution is -0.138. The average molecular weight is 324 g/mol. The SMILES string of the molecule is FC(F)(F)CCCOC1COCC1I. The van der Waals surface area contributed by atoms with Crippen LogP contribution in [0.2, 0.25) is 0 Å². The smallest absolute Gasteiger partial charge is 0.378 e. The third-order valence-corrected chi connectivity index (χ3v) is 3.06. The molecule has 1 saturated heterocycles. The average Bonchev–Trinajstić information content (AvgIpc) is 2.44. The summed E-state index contributed by atoms with van der Waals surface area (Å²) >= 11 is 2.19. The number of alkyl halides is 4. The fourth-order valence-electron chi connectivity index (χ4n) is 1.17. The van der Waals surface area contributed by atoms with Gasteiger partial charge in [-0.3, -0.25) is 0 Å². The predicted octanol–water partition coefficient (Wildman–Crippen LogP) is 2.55. The molecule has 0 saturated carbocycles. The van der Waals surface area contributed by atoms with Gasteiger partial charge in [-0.1, -0.05) is 22.6 Å². The molecule has 2 unspecified atom stereocenters. The van der Waals surface area contributed by atoms with Crippen molar-refractivity contribution in [1.82, 2.24) is 0 Å². The van der Waals surface area contributed by atoms with E-state index in [9.17, 15) is 13.2 Å². The number of ether oxygens (including phenoxy) is 2. The van der Waals surface area contributed by atoms with Gasteiger partial charge in [0.1, 0.15) is 0 Å². The maximum Gasteiger partial charge on any atom is 0.389 e. The zero-order valence-corrected chi connectivity index (χ0v) is 9.68. The highest BCUT2D eigenvalue weighted by molar-refractivity contribution is 14.1. The molecule has 1 aliphatic rings. The topological polar surface area (TPSA) is 18.5 Å². The molecule has 2 atom stereocenters. The summed E-state index contributed by atoms with van der Waals surface area (Å²) in [6, 6.07) is 0. The molecule has 0 aromatic heterocycles. The third-order valence-electron chi connectivity index (χ3n) is 1.90. The largest absolute Gasteiger partial charge is 0.389 e. The molecule has 1 rings (SSSR count). The quantitative estimate of drug-likeness (QED) is 0.450. The van der Waals surface area contributed by atoms with Crippen LogP contribution in [-0.2, 0) is 9.47 Å².